The van der Waals surface area contributed by atoms with Gasteiger partial charge < -0.3 is 11.1 Å². The largest absolute Gasteiger partial charge is 0.324 e. The van der Waals surface area contributed by atoms with E-state index in [1.807, 2.05) is 36.9 Å². The van der Waals surface area contributed by atoms with E-state index in [0.717, 1.165) is 23.4 Å². The van der Waals surface area contributed by atoms with E-state index < -0.39 is 6.04 Å². The number of thioether (sulfide) groups is 1. The van der Waals surface area contributed by atoms with Crippen molar-refractivity contribution in [2.24, 2.45) is 5.73 Å². The Bertz CT molecular complexity index is 444. The predicted molar refractivity (Wildman–Crippen MR) is 86.1 cm³/mol. The van der Waals surface area contributed by atoms with Crippen molar-refractivity contribution in [3.8, 4) is 0 Å². The summed E-state index contributed by atoms with van der Waals surface area (Å²) in [6.07, 6.45) is 6.86. The van der Waals surface area contributed by atoms with E-state index in [1.165, 1.54) is 25.7 Å². The van der Waals surface area contributed by atoms with E-state index in [0.29, 0.717) is 5.25 Å². The minimum absolute atomic E-state index is 0.0775. The van der Waals surface area contributed by atoms with Crippen LogP contribution in [0.1, 0.15) is 45.4 Å². The fourth-order valence-electron chi connectivity index (χ4n) is 2.53. The summed E-state index contributed by atoms with van der Waals surface area (Å²) in [4.78, 5) is 13.2. The molecule has 1 saturated carbocycles. The van der Waals surface area contributed by atoms with Gasteiger partial charge in [-0.3, -0.25) is 4.79 Å². The van der Waals surface area contributed by atoms with Gasteiger partial charge in [-0.1, -0.05) is 38.3 Å². The molecule has 0 bridgehead atoms. The smallest absolute Gasteiger partial charge is 0.241 e. The van der Waals surface area contributed by atoms with Crippen LogP contribution in [0.5, 0.6) is 0 Å². The lowest BCUT2D eigenvalue weighted by Crippen LogP contribution is -2.35. The number of anilines is 1. The fourth-order valence-corrected chi connectivity index (χ4v) is 3.86. The molecule has 0 unspecified atom stereocenters. The summed E-state index contributed by atoms with van der Waals surface area (Å²) < 4.78 is 0. The molecule has 0 heterocycles. The van der Waals surface area contributed by atoms with Crippen molar-refractivity contribution in [2.45, 2.75) is 61.6 Å². The van der Waals surface area contributed by atoms with Crippen LogP contribution in [0, 0.1) is 0 Å². The Balaban J connectivity index is 2.01. The number of benzene rings is 1. The van der Waals surface area contributed by atoms with Crippen LogP contribution >= 0.6 is 11.8 Å². The fraction of sp³-hybridized carbons (Fsp3) is 0.562. The van der Waals surface area contributed by atoms with Gasteiger partial charge in [-0.15, -0.1) is 11.8 Å². The number of amides is 1. The van der Waals surface area contributed by atoms with Gasteiger partial charge in [0.1, 0.15) is 0 Å². The summed E-state index contributed by atoms with van der Waals surface area (Å²) in [5.41, 5.74) is 6.77. The average Bonchev–Trinajstić information content (AvgIpc) is 2.94. The first kappa shape index (κ1) is 15.4. The van der Waals surface area contributed by atoms with Crippen LogP contribution in [0.25, 0.3) is 0 Å². The molecular formula is C16H24N2OS. The highest BCUT2D eigenvalue weighted by Crippen LogP contribution is 2.37. The summed E-state index contributed by atoms with van der Waals surface area (Å²) in [6, 6.07) is 7.63. The van der Waals surface area contributed by atoms with Crippen LogP contribution in [-0.2, 0) is 4.79 Å². The second-order valence-electron chi connectivity index (χ2n) is 5.40. The maximum atomic E-state index is 12.0. The van der Waals surface area contributed by atoms with Crippen molar-refractivity contribution in [1.29, 1.82) is 0 Å². The summed E-state index contributed by atoms with van der Waals surface area (Å²) in [6.45, 7) is 2.04. The molecule has 20 heavy (non-hydrogen) atoms. The highest BCUT2D eigenvalue weighted by Gasteiger charge is 2.19. The molecule has 3 N–H and O–H groups in total. The molecule has 3 nitrogen and oxygen atoms in total. The van der Waals surface area contributed by atoms with E-state index in [2.05, 4.69) is 11.4 Å². The van der Waals surface area contributed by atoms with Crippen LogP contribution < -0.4 is 11.1 Å². The monoisotopic (exact) mass is 292 g/mol. The van der Waals surface area contributed by atoms with Gasteiger partial charge in [0, 0.05) is 10.1 Å². The Kier molecular flexibility index (Phi) is 5.92. The van der Waals surface area contributed by atoms with Crippen molar-refractivity contribution >= 4 is 23.4 Å². The molecule has 0 radical (unpaired) electrons. The molecule has 110 valence electrons. The first-order valence-electron chi connectivity index (χ1n) is 7.53. The Morgan fingerprint density at radius 3 is 2.80 bits per heavy atom. The number of hydrogen-bond donors (Lipinski definition) is 2. The second kappa shape index (κ2) is 7.70. The number of nitrogens with one attached hydrogen (secondary N) is 1. The van der Waals surface area contributed by atoms with Gasteiger partial charge in [0.05, 0.1) is 11.7 Å². The predicted octanol–water partition coefficient (Wildman–Crippen LogP) is 3.79. The Morgan fingerprint density at radius 2 is 2.10 bits per heavy atom. The Hall–Kier alpha value is -1.00. The molecule has 0 spiro atoms. The van der Waals surface area contributed by atoms with E-state index in [9.17, 15) is 4.79 Å². The van der Waals surface area contributed by atoms with E-state index in [4.69, 9.17) is 5.73 Å². The molecule has 2 rings (SSSR count). The van der Waals surface area contributed by atoms with E-state index in [1.54, 1.807) is 0 Å². The molecule has 0 aromatic heterocycles. The molecule has 1 fully saturated rings. The van der Waals surface area contributed by atoms with Gasteiger partial charge in [0.15, 0.2) is 0 Å². The van der Waals surface area contributed by atoms with Gasteiger partial charge in [-0.25, -0.2) is 0 Å². The number of rotatable bonds is 6. The first-order chi connectivity index (χ1) is 9.70. The van der Waals surface area contributed by atoms with Crippen LogP contribution in [0.4, 0.5) is 5.69 Å². The summed E-state index contributed by atoms with van der Waals surface area (Å²) in [5, 5.41) is 3.68. The normalized spacial score (nSPS) is 17.1. The van der Waals surface area contributed by atoms with Crippen LogP contribution in [0.2, 0.25) is 0 Å². The molecule has 0 aliphatic heterocycles. The van der Waals surface area contributed by atoms with Gasteiger partial charge in [-0.05, 0) is 31.4 Å². The van der Waals surface area contributed by atoms with Crippen molar-refractivity contribution in [3.63, 3.8) is 0 Å². The molecule has 1 aliphatic carbocycles. The molecule has 0 saturated heterocycles. The second-order valence-corrected chi connectivity index (χ2v) is 6.75. The highest BCUT2D eigenvalue weighted by molar-refractivity contribution is 8.00. The average molecular weight is 292 g/mol. The van der Waals surface area contributed by atoms with Crippen molar-refractivity contribution in [2.75, 3.05) is 5.32 Å². The highest BCUT2D eigenvalue weighted by atomic mass is 32.2. The quantitative estimate of drug-likeness (QED) is 0.838. The number of para-hydroxylation sites is 1. The Labute approximate surface area is 125 Å². The molecular weight excluding hydrogens is 268 g/mol. The molecule has 1 aromatic rings. The molecule has 1 aromatic carbocycles. The molecule has 1 atom stereocenters. The summed E-state index contributed by atoms with van der Waals surface area (Å²) in [5.74, 6) is -0.0775. The number of carbonyl (C=O) groups excluding carboxylic acids is 1. The lowest BCUT2D eigenvalue weighted by molar-refractivity contribution is -0.117. The summed E-state index contributed by atoms with van der Waals surface area (Å²) in [7, 11) is 0. The van der Waals surface area contributed by atoms with Crippen LogP contribution in [0.15, 0.2) is 29.2 Å². The lowest BCUT2D eigenvalue weighted by atomic mass is 10.1. The minimum atomic E-state index is -0.412. The van der Waals surface area contributed by atoms with Gasteiger partial charge in [0.2, 0.25) is 5.91 Å². The zero-order chi connectivity index (χ0) is 14.4. The van der Waals surface area contributed by atoms with Crippen LogP contribution in [-0.4, -0.2) is 17.2 Å². The number of carbonyl (C=O) groups is 1. The Morgan fingerprint density at radius 1 is 1.40 bits per heavy atom. The number of hydrogen-bond acceptors (Lipinski definition) is 3. The third-order valence-electron chi connectivity index (χ3n) is 3.68. The van der Waals surface area contributed by atoms with E-state index in [-0.39, 0.29) is 5.91 Å². The van der Waals surface area contributed by atoms with Gasteiger partial charge >= 0.3 is 0 Å². The van der Waals surface area contributed by atoms with Crippen molar-refractivity contribution in [3.05, 3.63) is 24.3 Å². The minimum Gasteiger partial charge on any atom is -0.324 e. The van der Waals surface area contributed by atoms with Gasteiger partial charge in [-0.2, -0.15) is 0 Å². The van der Waals surface area contributed by atoms with E-state index >= 15 is 0 Å². The summed E-state index contributed by atoms with van der Waals surface area (Å²) >= 11 is 1.89. The third-order valence-corrected chi connectivity index (χ3v) is 5.09. The zero-order valence-corrected chi connectivity index (χ0v) is 12.9. The topological polar surface area (TPSA) is 55.1 Å². The first-order valence-corrected chi connectivity index (χ1v) is 8.40. The van der Waals surface area contributed by atoms with Crippen molar-refractivity contribution < 1.29 is 4.79 Å². The van der Waals surface area contributed by atoms with Crippen molar-refractivity contribution in [1.82, 2.24) is 0 Å². The zero-order valence-electron chi connectivity index (χ0n) is 12.1. The lowest BCUT2D eigenvalue weighted by Gasteiger charge is -2.16. The third kappa shape index (κ3) is 4.25. The SMILES string of the molecule is CCC[C@H](N)C(=O)Nc1ccccc1SC1CCCC1. The maximum Gasteiger partial charge on any atom is 0.241 e. The van der Waals surface area contributed by atoms with Gasteiger partial charge in [0.25, 0.3) is 0 Å². The molecule has 1 amide bonds. The molecule has 4 heteroatoms. The maximum absolute atomic E-state index is 12.0. The molecule has 1 aliphatic rings. The van der Waals surface area contributed by atoms with Crippen LogP contribution in [0.3, 0.4) is 0 Å². The standard InChI is InChI=1S/C16H24N2OS/c1-2-7-13(17)16(19)18-14-10-5-6-11-15(14)20-12-8-3-4-9-12/h5-6,10-13H,2-4,7-9,17H2,1H3,(H,18,19)/t13-/m0/s1. The number of nitrogens with two attached hydrogens (primary N) is 1.